The van der Waals surface area contributed by atoms with Crippen molar-refractivity contribution in [2.75, 3.05) is 18.4 Å². The van der Waals surface area contributed by atoms with Crippen molar-refractivity contribution in [2.45, 2.75) is 6.42 Å². The lowest BCUT2D eigenvalue weighted by Gasteiger charge is -2.08. The van der Waals surface area contributed by atoms with Crippen molar-refractivity contribution in [3.8, 4) is 0 Å². The number of fused-ring (bicyclic) bond motifs is 1. The van der Waals surface area contributed by atoms with Gasteiger partial charge in [0.2, 0.25) is 5.91 Å². The lowest BCUT2D eigenvalue weighted by atomic mass is 10.1. The molecule has 3 rings (SSSR count). The van der Waals surface area contributed by atoms with E-state index >= 15 is 0 Å². The topological polar surface area (TPSA) is 56.9 Å². The number of carbonyl (C=O) groups is 1. The molecule has 1 heterocycles. The third-order valence-corrected chi connectivity index (χ3v) is 3.84. The second-order valence-corrected chi connectivity index (χ2v) is 5.56. The molecular weight excluding hydrogens is 331 g/mol. The summed E-state index contributed by atoms with van der Waals surface area (Å²) in [4.78, 5) is 14.9. The minimum atomic E-state index is -1.61. The molecule has 1 amide bonds. The van der Waals surface area contributed by atoms with Crippen LogP contribution in [0, 0.1) is 17.5 Å². The molecule has 130 valence electrons. The van der Waals surface area contributed by atoms with Crippen molar-refractivity contribution in [2.24, 2.45) is 0 Å². The molecule has 0 atom stereocenters. The first-order valence-electron chi connectivity index (χ1n) is 7.75. The van der Waals surface area contributed by atoms with Gasteiger partial charge in [-0.2, -0.15) is 0 Å². The molecule has 0 saturated heterocycles. The second kappa shape index (κ2) is 7.40. The van der Waals surface area contributed by atoms with Gasteiger partial charge in [-0.25, -0.2) is 13.2 Å². The highest BCUT2D eigenvalue weighted by Gasteiger charge is 2.15. The minimum Gasteiger partial charge on any atom is -0.361 e. The minimum absolute atomic E-state index is 0.0687. The van der Waals surface area contributed by atoms with E-state index in [4.69, 9.17) is 0 Å². The number of anilines is 1. The largest absolute Gasteiger partial charge is 0.361 e. The Kier molecular flexibility index (Phi) is 5.04. The van der Waals surface area contributed by atoms with Crippen LogP contribution in [-0.2, 0) is 11.2 Å². The molecule has 7 heteroatoms. The van der Waals surface area contributed by atoms with Gasteiger partial charge in [-0.3, -0.25) is 4.79 Å². The maximum Gasteiger partial charge on any atom is 0.238 e. The molecule has 3 aromatic rings. The zero-order valence-corrected chi connectivity index (χ0v) is 13.2. The van der Waals surface area contributed by atoms with Gasteiger partial charge < -0.3 is 15.6 Å². The van der Waals surface area contributed by atoms with Crippen LogP contribution in [0.1, 0.15) is 5.56 Å². The van der Waals surface area contributed by atoms with Gasteiger partial charge in [0.1, 0.15) is 0 Å². The first-order valence-corrected chi connectivity index (χ1v) is 7.75. The second-order valence-electron chi connectivity index (χ2n) is 5.56. The molecule has 1 aromatic heterocycles. The van der Waals surface area contributed by atoms with E-state index in [9.17, 15) is 18.0 Å². The summed E-state index contributed by atoms with van der Waals surface area (Å²) in [7, 11) is 0. The molecule has 4 nitrogen and oxygen atoms in total. The Balaban J connectivity index is 1.49. The normalized spacial score (nSPS) is 11.0. The standard InChI is InChI=1S/C18H16F3N3O/c19-13-5-6-15(18(21)17(13)20)24-16(25)10-22-8-7-11-9-23-14-4-2-1-3-12(11)14/h1-6,9,22-23H,7-8,10H2,(H,24,25). The summed E-state index contributed by atoms with van der Waals surface area (Å²) < 4.78 is 39.5. The quantitative estimate of drug-likeness (QED) is 0.473. The molecule has 0 aliphatic carbocycles. The Morgan fingerprint density at radius 2 is 1.84 bits per heavy atom. The number of hydrogen-bond donors (Lipinski definition) is 3. The summed E-state index contributed by atoms with van der Waals surface area (Å²) >= 11 is 0. The lowest BCUT2D eigenvalue weighted by Crippen LogP contribution is -2.29. The summed E-state index contributed by atoms with van der Waals surface area (Å²) in [5.41, 5.74) is 1.78. The number of hydrogen-bond acceptors (Lipinski definition) is 2. The molecule has 0 saturated carbocycles. The number of carbonyl (C=O) groups excluding carboxylic acids is 1. The van der Waals surface area contributed by atoms with E-state index < -0.39 is 23.4 Å². The van der Waals surface area contributed by atoms with Crippen LogP contribution < -0.4 is 10.6 Å². The van der Waals surface area contributed by atoms with E-state index in [0.717, 1.165) is 28.6 Å². The van der Waals surface area contributed by atoms with Gasteiger partial charge in [0.25, 0.3) is 0 Å². The number of halogens is 3. The number of rotatable bonds is 6. The maximum absolute atomic E-state index is 13.5. The molecular formula is C18H16F3N3O. The number of para-hydroxylation sites is 1. The number of aromatic amines is 1. The number of aromatic nitrogens is 1. The summed E-state index contributed by atoms with van der Waals surface area (Å²) in [5.74, 6) is -4.85. The molecule has 2 aromatic carbocycles. The monoisotopic (exact) mass is 347 g/mol. The van der Waals surface area contributed by atoms with Gasteiger partial charge in [-0.15, -0.1) is 0 Å². The molecule has 0 aliphatic rings. The highest BCUT2D eigenvalue weighted by molar-refractivity contribution is 5.92. The number of H-pyrrole nitrogens is 1. The number of amides is 1. The van der Waals surface area contributed by atoms with Crippen LogP contribution in [0.25, 0.3) is 10.9 Å². The summed E-state index contributed by atoms with van der Waals surface area (Å²) in [6.45, 7) is 0.469. The van der Waals surface area contributed by atoms with Crippen LogP contribution in [0.2, 0.25) is 0 Å². The van der Waals surface area contributed by atoms with Crippen LogP contribution in [-0.4, -0.2) is 24.0 Å². The molecule has 0 fully saturated rings. The SMILES string of the molecule is O=C(CNCCc1c[nH]c2ccccc12)Nc1ccc(F)c(F)c1F. The Bertz CT molecular complexity index is 908. The van der Waals surface area contributed by atoms with Crippen molar-refractivity contribution in [3.63, 3.8) is 0 Å². The molecule has 3 N–H and O–H groups in total. The Hall–Kier alpha value is -2.80. The average molecular weight is 347 g/mol. The number of nitrogens with one attached hydrogen (secondary N) is 3. The van der Waals surface area contributed by atoms with Crippen molar-refractivity contribution < 1.29 is 18.0 Å². The van der Waals surface area contributed by atoms with E-state index in [2.05, 4.69) is 15.6 Å². The van der Waals surface area contributed by atoms with Crippen LogP contribution >= 0.6 is 0 Å². The predicted octanol–water partition coefficient (Wildman–Crippen LogP) is 3.36. The van der Waals surface area contributed by atoms with Crippen molar-refractivity contribution in [1.82, 2.24) is 10.3 Å². The van der Waals surface area contributed by atoms with E-state index in [0.29, 0.717) is 13.0 Å². The van der Waals surface area contributed by atoms with Crippen LogP contribution in [0.4, 0.5) is 18.9 Å². The zero-order valence-electron chi connectivity index (χ0n) is 13.2. The Labute approximate surface area is 142 Å². The summed E-state index contributed by atoms with van der Waals surface area (Å²) in [5, 5.41) is 6.27. The van der Waals surface area contributed by atoms with Crippen LogP contribution in [0.5, 0.6) is 0 Å². The molecule has 0 aliphatic heterocycles. The molecule has 0 spiro atoms. The highest BCUT2D eigenvalue weighted by atomic mass is 19.2. The summed E-state index contributed by atoms with van der Waals surface area (Å²) in [6.07, 6.45) is 2.62. The maximum atomic E-state index is 13.5. The van der Waals surface area contributed by atoms with E-state index in [1.807, 2.05) is 30.5 Å². The van der Waals surface area contributed by atoms with Gasteiger partial charge in [-0.05, 0) is 36.7 Å². The fourth-order valence-electron chi connectivity index (χ4n) is 2.58. The van der Waals surface area contributed by atoms with Crippen LogP contribution in [0.15, 0.2) is 42.6 Å². The Morgan fingerprint density at radius 1 is 1.04 bits per heavy atom. The first-order chi connectivity index (χ1) is 12.1. The van der Waals surface area contributed by atoms with Gasteiger partial charge >= 0.3 is 0 Å². The van der Waals surface area contributed by atoms with Gasteiger partial charge in [0.15, 0.2) is 17.5 Å². The van der Waals surface area contributed by atoms with Crippen molar-refractivity contribution in [3.05, 3.63) is 65.6 Å². The third kappa shape index (κ3) is 3.83. The molecule has 25 heavy (non-hydrogen) atoms. The zero-order chi connectivity index (χ0) is 17.8. The van der Waals surface area contributed by atoms with Gasteiger partial charge in [0.05, 0.1) is 12.2 Å². The predicted molar refractivity (Wildman–Crippen MR) is 89.8 cm³/mol. The fourth-order valence-corrected chi connectivity index (χ4v) is 2.58. The van der Waals surface area contributed by atoms with E-state index in [1.165, 1.54) is 0 Å². The molecule has 0 unspecified atom stereocenters. The lowest BCUT2D eigenvalue weighted by molar-refractivity contribution is -0.115. The first kappa shape index (κ1) is 17.0. The fraction of sp³-hybridized carbons (Fsp3) is 0.167. The smallest absolute Gasteiger partial charge is 0.238 e. The van der Waals surface area contributed by atoms with Crippen molar-refractivity contribution in [1.29, 1.82) is 0 Å². The van der Waals surface area contributed by atoms with E-state index in [1.54, 1.807) is 0 Å². The third-order valence-electron chi connectivity index (χ3n) is 3.84. The Morgan fingerprint density at radius 3 is 2.68 bits per heavy atom. The molecule has 0 bridgehead atoms. The van der Waals surface area contributed by atoms with Crippen LogP contribution in [0.3, 0.4) is 0 Å². The molecule has 0 radical (unpaired) electrons. The van der Waals surface area contributed by atoms with Gasteiger partial charge in [0, 0.05) is 17.1 Å². The highest BCUT2D eigenvalue weighted by Crippen LogP contribution is 2.19. The summed E-state index contributed by atoms with van der Waals surface area (Å²) in [6, 6.07) is 9.64. The average Bonchev–Trinajstić information content (AvgIpc) is 3.02. The number of benzene rings is 2. The van der Waals surface area contributed by atoms with Crippen molar-refractivity contribution >= 4 is 22.5 Å². The van der Waals surface area contributed by atoms with E-state index in [-0.39, 0.29) is 12.2 Å². The van der Waals surface area contributed by atoms with Gasteiger partial charge in [-0.1, -0.05) is 18.2 Å².